The summed E-state index contributed by atoms with van der Waals surface area (Å²) in [5, 5.41) is 9.00. The average molecular weight is 333 g/mol. The summed E-state index contributed by atoms with van der Waals surface area (Å²) in [7, 11) is 0. The van der Waals surface area contributed by atoms with Gasteiger partial charge in [-0.2, -0.15) is 0 Å². The summed E-state index contributed by atoms with van der Waals surface area (Å²) in [4.78, 5) is 19.1. The maximum Gasteiger partial charge on any atom is 0.335 e. The van der Waals surface area contributed by atoms with Crippen LogP contribution < -0.4 is 0 Å². The lowest BCUT2D eigenvalue weighted by Gasteiger charge is -2.07. The minimum Gasteiger partial charge on any atom is -0.478 e. The van der Waals surface area contributed by atoms with Gasteiger partial charge in [0.15, 0.2) is 5.82 Å². The number of pyridine rings is 1. The van der Waals surface area contributed by atoms with E-state index < -0.39 is 11.8 Å². The number of nitrogens with zero attached hydrogens (tertiary/aromatic N) is 3. The zero-order valence-electron chi connectivity index (χ0n) is 12.9. The smallest absolute Gasteiger partial charge is 0.335 e. The number of hydrogen-bond donors (Lipinski definition) is 1. The molecule has 2 aromatic carbocycles. The van der Waals surface area contributed by atoms with Crippen molar-refractivity contribution in [2.45, 2.75) is 0 Å². The van der Waals surface area contributed by atoms with Crippen LogP contribution in [0.5, 0.6) is 0 Å². The summed E-state index contributed by atoms with van der Waals surface area (Å²) in [6.45, 7) is 0. The van der Waals surface area contributed by atoms with Crippen LogP contribution in [0.4, 0.5) is 4.39 Å². The predicted octanol–water partition coefficient (Wildman–Crippen LogP) is 3.92. The minimum absolute atomic E-state index is 0.192. The van der Waals surface area contributed by atoms with E-state index in [2.05, 4.69) is 9.97 Å². The van der Waals surface area contributed by atoms with Gasteiger partial charge in [-0.15, -0.1) is 0 Å². The second kappa shape index (κ2) is 5.83. The van der Waals surface area contributed by atoms with Crippen LogP contribution >= 0.6 is 0 Å². The Morgan fingerprint density at radius 3 is 2.40 bits per heavy atom. The van der Waals surface area contributed by atoms with E-state index in [1.807, 2.05) is 18.2 Å². The number of rotatable bonds is 3. The summed E-state index contributed by atoms with van der Waals surface area (Å²) >= 11 is 0. The Morgan fingerprint density at radius 2 is 1.72 bits per heavy atom. The number of aromatic carboxylic acids is 1. The molecule has 0 saturated carbocycles. The van der Waals surface area contributed by atoms with Crippen LogP contribution in [0, 0.1) is 5.82 Å². The average Bonchev–Trinajstić information content (AvgIpc) is 3.07. The van der Waals surface area contributed by atoms with Gasteiger partial charge in [-0.1, -0.05) is 0 Å². The van der Waals surface area contributed by atoms with Gasteiger partial charge in [0.1, 0.15) is 11.8 Å². The highest BCUT2D eigenvalue weighted by Gasteiger charge is 2.12. The number of halogens is 1. The first-order valence-corrected chi connectivity index (χ1v) is 7.54. The van der Waals surface area contributed by atoms with Gasteiger partial charge < -0.3 is 5.11 Å². The molecule has 0 aliphatic rings. The number of hydrogen-bond acceptors (Lipinski definition) is 3. The molecule has 0 unspecified atom stereocenters. The first-order chi connectivity index (χ1) is 12.1. The van der Waals surface area contributed by atoms with Gasteiger partial charge in [0.25, 0.3) is 0 Å². The number of fused-ring (bicyclic) bond motifs is 1. The molecule has 0 aliphatic carbocycles. The molecule has 2 heterocycles. The summed E-state index contributed by atoms with van der Waals surface area (Å²) in [5.41, 5.74) is 3.34. The van der Waals surface area contributed by atoms with Crippen molar-refractivity contribution in [2.75, 3.05) is 0 Å². The maximum atomic E-state index is 14.5. The number of imidazole rings is 1. The molecule has 122 valence electrons. The SMILES string of the molecule is O=C(O)c1ccc(-n2cnc3c(F)cc(-c4ccncc4)cc32)cc1. The lowest BCUT2D eigenvalue weighted by Crippen LogP contribution is -1.98. The van der Waals surface area contributed by atoms with E-state index in [0.717, 1.165) is 11.1 Å². The third-order valence-corrected chi connectivity index (χ3v) is 4.01. The van der Waals surface area contributed by atoms with Crippen molar-refractivity contribution in [3.05, 3.63) is 78.6 Å². The number of carboxylic acids is 1. The van der Waals surface area contributed by atoms with Crippen LogP contribution in [0.15, 0.2) is 67.3 Å². The van der Waals surface area contributed by atoms with Crippen LogP contribution in [0.1, 0.15) is 10.4 Å². The van der Waals surface area contributed by atoms with E-state index in [1.54, 1.807) is 29.1 Å². The molecule has 0 spiro atoms. The van der Waals surface area contributed by atoms with Crippen LogP contribution in [-0.4, -0.2) is 25.6 Å². The number of carbonyl (C=O) groups is 1. The van der Waals surface area contributed by atoms with Crippen molar-refractivity contribution in [1.29, 1.82) is 0 Å². The molecule has 0 saturated heterocycles. The van der Waals surface area contributed by atoms with Crippen LogP contribution in [0.2, 0.25) is 0 Å². The van der Waals surface area contributed by atoms with E-state index in [0.29, 0.717) is 11.2 Å². The van der Waals surface area contributed by atoms with Gasteiger partial charge in [0.05, 0.1) is 11.1 Å². The fraction of sp³-hybridized carbons (Fsp3) is 0. The molecule has 25 heavy (non-hydrogen) atoms. The highest BCUT2D eigenvalue weighted by molar-refractivity contribution is 5.88. The lowest BCUT2D eigenvalue weighted by atomic mass is 10.1. The van der Waals surface area contributed by atoms with Gasteiger partial charge in [-0.25, -0.2) is 14.2 Å². The quantitative estimate of drug-likeness (QED) is 0.617. The van der Waals surface area contributed by atoms with Crippen LogP contribution in [0.3, 0.4) is 0 Å². The Hall–Kier alpha value is -3.54. The molecular weight excluding hydrogens is 321 g/mol. The Morgan fingerprint density at radius 1 is 1.00 bits per heavy atom. The molecule has 4 rings (SSSR count). The fourth-order valence-electron chi connectivity index (χ4n) is 2.76. The lowest BCUT2D eigenvalue weighted by molar-refractivity contribution is 0.0697. The van der Waals surface area contributed by atoms with Crippen molar-refractivity contribution in [1.82, 2.24) is 14.5 Å². The molecule has 1 N–H and O–H groups in total. The zero-order chi connectivity index (χ0) is 17.4. The molecule has 0 amide bonds. The van der Waals surface area contributed by atoms with Crippen molar-refractivity contribution in [3.63, 3.8) is 0 Å². The highest BCUT2D eigenvalue weighted by Crippen LogP contribution is 2.28. The highest BCUT2D eigenvalue weighted by atomic mass is 19.1. The third-order valence-electron chi connectivity index (χ3n) is 4.01. The summed E-state index contributed by atoms with van der Waals surface area (Å²) in [6.07, 6.45) is 4.83. The van der Waals surface area contributed by atoms with Gasteiger partial charge in [0, 0.05) is 18.1 Å². The molecule has 0 bridgehead atoms. The zero-order valence-corrected chi connectivity index (χ0v) is 12.9. The van der Waals surface area contributed by atoms with Gasteiger partial charge in [-0.3, -0.25) is 9.55 Å². The molecule has 2 aromatic heterocycles. The van der Waals surface area contributed by atoms with Crippen molar-refractivity contribution in [3.8, 4) is 16.8 Å². The second-order valence-electron chi connectivity index (χ2n) is 5.53. The first kappa shape index (κ1) is 15.0. The van der Waals surface area contributed by atoms with Crippen molar-refractivity contribution in [2.24, 2.45) is 0 Å². The molecular formula is C19H12FN3O2. The van der Waals surface area contributed by atoms with Crippen molar-refractivity contribution >= 4 is 17.0 Å². The summed E-state index contributed by atoms with van der Waals surface area (Å²) in [5.74, 6) is -1.40. The molecule has 4 aromatic rings. The topological polar surface area (TPSA) is 68.0 Å². The third kappa shape index (κ3) is 2.63. The number of aromatic nitrogens is 3. The minimum atomic E-state index is -0.993. The van der Waals surface area contributed by atoms with E-state index in [4.69, 9.17) is 5.11 Å². The maximum absolute atomic E-state index is 14.5. The first-order valence-electron chi connectivity index (χ1n) is 7.54. The molecule has 0 radical (unpaired) electrons. The second-order valence-corrected chi connectivity index (χ2v) is 5.53. The van der Waals surface area contributed by atoms with Crippen LogP contribution in [0.25, 0.3) is 27.8 Å². The van der Waals surface area contributed by atoms with Gasteiger partial charge >= 0.3 is 5.97 Å². The number of carboxylic acid groups (broad SMARTS) is 1. The fourth-order valence-corrected chi connectivity index (χ4v) is 2.76. The van der Waals surface area contributed by atoms with E-state index in [9.17, 15) is 9.18 Å². The Kier molecular flexibility index (Phi) is 3.50. The molecule has 0 fully saturated rings. The van der Waals surface area contributed by atoms with E-state index >= 15 is 0 Å². The number of benzene rings is 2. The van der Waals surface area contributed by atoms with E-state index in [1.165, 1.54) is 24.5 Å². The van der Waals surface area contributed by atoms with Crippen LogP contribution in [-0.2, 0) is 0 Å². The summed E-state index contributed by atoms with van der Waals surface area (Å²) < 4.78 is 16.2. The Bertz CT molecular complexity index is 1070. The van der Waals surface area contributed by atoms with Gasteiger partial charge in [-0.05, 0) is 59.7 Å². The summed E-state index contributed by atoms with van der Waals surface area (Å²) in [6, 6.07) is 13.3. The Balaban J connectivity index is 1.88. The van der Waals surface area contributed by atoms with E-state index in [-0.39, 0.29) is 11.1 Å². The van der Waals surface area contributed by atoms with Crippen molar-refractivity contribution < 1.29 is 14.3 Å². The molecule has 6 heteroatoms. The predicted molar refractivity (Wildman–Crippen MR) is 91.2 cm³/mol. The molecule has 0 aliphatic heterocycles. The Labute approximate surface area is 142 Å². The monoisotopic (exact) mass is 333 g/mol. The molecule has 5 nitrogen and oxygen atoms in total. The molecule has 0 atom stereocenters. The standard InChI is InChI=1S/C19H12FN3O2/c20-16-9-14(12-5-7-21-8-6-12)10-17-18(16)22-11-23(17)15-3-1-13(2-4-15)19(24)25/h1-11H,(H,24,25). The van der Waals surface area contributed by atoms with Gasteiger partial charge in [0.2, 0.25) is 0 Å². The normalized spacial score (nSPS) is 10.9. The largest absolute Gasteiger partial charge is 0.478 e.